The van der Waals surface area contributed by atoms with Gasteiger partial charge in [0, 0.05) is 18.3 Å². The zero-order valence-corrected chi connectivity index (χ0v) is 21.3. The van der Waals surface area contributed by atoms with Crippen LogP contribution in [0.15, 0.2) is 34.1 Å². The summed E-state index contributed by atoms with van der Waals surface area (Å²) in [6.07, 6.45) is 4.03. The molecule has 0 spiro atoms. The highest BCUT2D eigenvalue weighted by molar-refractivity contribution is 7.91. The number of sulfone groups is 2. The Morgan fingerprint density at radius 1 is 1.12 bits per heavy atom. The number of carbonyl (C=O) groups excluding carboxylic acids is 1. The van der Waals surface area contributed by atoms with Gasteiger partial charge in [-0.1, -0.05) is 13.8 Å². The number of nitriles is 1. The highest BCUT2D eigenvalue weighted by atomic mass is 32.2. The quantitative estimate of drug-likeness (QED) is 0.614. The van der Waals surface area contributed by atoms with E-state index in [9.17, 15) is 26.9 Å². The Morgan fingerprint density at radius 2 is 1.73 bits per heavy atom. The lowest BCUT2D eigenvalue weighted by molar-refractivity contribution is -0.130. The summed E-state index contributed by atoms with van der Waals surface area (Å²) in [4.78, 5) is 14.5. The zero-order valence-electron chi connectivity index (χ0n) is 19.7. The molecule has 0 aromatic heterocycles. The smallest absolute Gasteiger partial charge is 0.237 e. The van der Waals surface area contributed by atoms with Crippen molar-refractivity contribution in [3.8, 4) is 6.07 Å². The first-order chi connectivity index (χ1) is 15.2. The van der Waals surface area contributed by atoms with Crippen LogP contribution in [0.2, 0.25) is 0 Å². The first-order valence-corrected chi connectivity index (χ1v) is 14.7. The number of nitrogens with one attached hydrogen (secondary N) is 1. The lowest BCUT2D eigenvalue weighted by atomic mass is 9.72. The molecule has 8 nitrogen and oxygen atoms in total. The maximum Gasteiger partial charge on any atom is 0.237 e. The van der Waals surface area contributed by atoms with Crippen molar-refractivity contribution < 1.29 is 21.6 Å². The van der Waals surface area contributed by atoms with E-state index in [1.807, 2.05) is 20.8 Å². The average molecular weight is 496 g/mol. The van der Waals surface area contributed by atoms with Crippen molar-refractivity contribution in [2.75, 3.05) is 25.1 Å². The van der Waals surface area contributed by atoms with Gasteiger partial charge < -0.3 is 10.2 Å². The molecule has 1 aliphatic carbocycles. The van der Waals surface area contributed by atoms with Gasteiger partial charge in [-0.25, -0.2) is 16.8 Å². The maximum atomic E-state index is 13.1. The van der Waals surface area contributed by atoms with E-state index in [0.29, 0.717) is 19.4 Å². The monoisotopic (exact) mass is 495 g/mol. The third-order valence-corrected chi connectivity index (χ3v) is 10.8. The average Bonchev–Trinajstić information content (AvgIpc) is 3.30. The van der Waals surface area contributed by atoms with Gasteiger partial charge in [0.05, 0.1) is 28.2 Å². The van der Waals surface area contributed by atoms with Crippen molar-refractivity contribution in [1.82, 2.24) is 10.2 Å². The van der Waals surface area contributed by atoms with Gasteiger partial charge in [0.15, 0.2) is 19.7 Å². The second-order valence-electron chi connectivity index (χ2n) is 10.0. The van der Waals surface area contributed by atoms with E-state index in [1.165, 1.54) is 24.3 Å². The van der Waals surface area contributed by atoms with E-state index in [0.717, 1.165) is 19.1 Å². The van der Waals surface area contributed by atoms with Crippen LogP contribution >= 0.6 is 0 Å². The predicted molar refractivity (Wildman–Crippen MR) is 125 cm³/mol. The van der Waals surface area contributed by atoms with Crippen LogP contribution in [-0.4, -0.2) is 64.3 Å². The first kappa shape index (κ1) is 25.7. The molecule has 1 aliphatic heterocycles. The second kappa shape index (κ2) is 9.01. The van der Waals surface area contributed by atoms with Crippen LogP contribution < -0.4 is 5.32 Å². The molecule has 1 N–H and O–H groups in total. The van der Waals surface area contributed by atoms with E-state index in [2.05, 4.69) is 11.4 Å². The van der Waals surface area contributed by atoms with E-state index in [-0.39, 0.29) is 40.0 Å². The molecule has 1 saturated heterocycles. The van der Waals surface area contributed by atoms with Crippen LogP contribution in [0.1, 0.15) is 46.5 Å². The number of amides is 1. The van der Waals surface area contributed by atoms with Crippen molar-refractivity contribution in [2.45, 2.75) is 67.8 Å². The molecule has 1 amide bonds. The van der Waals surface area contributed by atoms with Crippen molar-refractivity contribution in [2.24, 2.45) is 11.3 Å². The molecule has 182 valence electrons. The molecule has 3 rings (SSSR count). The fourth-order valence-electron chi connectivity index (χ4n) is 5.03. The summed E-state index contributed by atoms with van der Waals surface area (Å²) < 4.78 is 49.5. The van der Waals surface area contributed by atoms with Gasteiger partial charge in [0.1, 0.15) is 6.04 Å². The van der Waals surface area contributed by atoms with E-state index in [1.54, 1.807) is 4.90 Å². The Kier molecular flexibility index (Phi) is 7.00. The summed E-state index contributed by atoms with van der Waals surface area (Å²) in [5.41, 5.74) is -0.850. The highest BCUT2D eigenvalue weighted by Gasteiger charge is 2.52. The maximum absolute atomic E-state index is 13.1. The molecule has 0 bridgehead atoms. The van der Waals surface area contributed by atoms with Crippen molar-refractivity contribution in [3.05, 3.63) is 24.3 Å². The van der Waals surface area contributed by atoms with Crippen molar-refractivity contribution in [1.29, 1.82) is 5.26 Å². The molecule has 1 aromatic rings. The molecule has 1 saturated carbocycles. The van der Waals surface area contributed by atoms with Crippen LogP contribution in [0.4, 0.5) is 0 Å². The summed E-state index contributed by atoms with van der Waals surface area (Å²) in [6.45, 7) is 6.79. The Morgan fingerprint density at radius 3 is 2.30 bits per heavy atom. The van der Waals surface area contributed by atoms with Gasteiger partial charge in [-0.2, -0.15) is 5.26 Å². The number of carbonyl (C=O) groups is 1. The summed E-state index contributed by atoms with van der Waals surface area (Å²) in [7, 11) is -7.01. The number of hydrogen-bond donors (Lipinski definition) is 1. The molecule has 0 unspecified atom stereocenters. The molecule has 2 aliphatic rings. The normalized spacial score (nSPS) is 27.4. The van der Waals surface area contributed by atoms with E-state index >= 15 is 0 Å². The molecular formula is C23H33N3O5S2. The van der Waals surface area contributed by atoms with Gasteiger partial charge in [-0.15, -0.1) is 0 Å². The van der Waals surface area contributed by atoms with Crippen LogP contribution in [0.25, 0.3) is 0 Å². The third-order valence-electron chi connectivity index (χ3n) is 7.82. The minimum atomic E-state index is -3.62. The molecule has 1 heterocycles. The number of nitrogens with zero attached hydrogens (tertiary/aromatic N) is 2. The second-order valence-corrected chi connectivity index (χ2v) is 14.1. The molecule has 0 radical (unpaired) electrons. The van der Waals surface area contributed by atoms with Crippen LogP contribution in [0.5, 0.6) is 0 Å². The lowest BCUT2D eigenvalue weighted by Crippen LogP contribution is -2.55. The van der Waals surface area contributed by atoms with Crippen LogP contribution in [-0.2, 0) is 24.5 Å². The van der Waals surface area contributed by atoms with Gasteiger partial charge in [0.25, 0.3) is 0 Å². The van der Waals surface area contributed by atoms with Gasteiger partial charge in [-0.3, -0.25) is 4.79 Å². The largest absolute Gasteiger partial charge is 0.326 e. The standard InChI is InChI=1S/C23H33N3O5S2/c1-22(2)17(16-33(30,31)20-9-7-19(8-10-20)32(4,28)29)11-12-23(22,3)25-15-21(27)26-13-5-6-18(26)14-24/h7-10,17-18,25H,5-6,11-13,15-16H2,1-4H3/t17-,18-,23-/m0/s1. The Bertz CT molecular complexity index is 1150. The first-order valence-electron chi connectivity index (χ1n) is 11.2. The van der Waals surface area contributed by atoms with Crippen LogP contribution in [0.3, 0.4) is 0 Å². The number of rotatable bonds is 7. The Hall–Kier alpha value is -1.96. The molecule has 33 heavy (non-hydrogen) atoms. The Balaban J connectivity index is 1.69. The van der Waals surface area contributed by atoms with Crippen molar-refractivity contribution in [3.63, 3.8) is 0 Å². The van der Waals surface area contributed by atoms with Gasteiger partial charge >= 0.3 is 0 Å². The molecule has 2 fully saturated rings. The number of hydrogen-bond acceptors (Lipinski definition) is 7. The van der Waals surface area contributed by atoms with Crippen molar-refractivity contribution >= 4 is 25.6 Å². The summed E-state index contributed by atoms with van der Waals surface area (Å²) in [5, 5.41) is 12.6. The summed E-state index contributed by atoms with van der Waals surface area (Å²) in [5.74, 6) is -0.284. The number of benzene rings is 1. The fourth-order valence-corrected chi connectivity index (χ4v) is 7.52. The lowest BCUT2D eigenvalue weighted by Gasteiger charge is -2.42. The molecule has 1 aromatic carbocycles. The molecule has 3 atom stereocenters. The Labute approximate surface area is 197 Å². The predicted octanol–water partition coefficient (Wildman–Crippen LogP) is 2.16. The zero-order chi connectivity index (χ0) is 24.7. The highest BCUT2D eigenvalue weighted by Crippen LogP contribution is 2.50. The summed E-state index contributed by atoms with van der Waals surface area (Å²) >= 11 is 0. The fraction of sp³-hybridized carbons (Fsp3) is 0.652. The molecular weight excluding hydrogens is 462 g/mol. The van der Waals surface area contributed by atoms with Gasteiger partial charge in [0.2, 0.25) is 5.91 Å². The van der Waals surface area contributed by atoms with Gasteiger partial charge in [-0.05, 0) is 68.2 Å². The SMILES string of the molecule is CC1(C)[C@H](CS(=O)(=O)c2ccc(S(C)(=O)=O)cc2)CC[C@]1(C)NCC(=O)N1CCC[C@H]1C#N. The third kappa shape index (κ3) is 5.10. The minimum Gasteiger partial charge on any atom is -0.326 e. The topological polar surface area (TPSA) is 124 Å². The van der Waals surface area contributed by atoms with Crippen LogP contribution in [0, 0.1) is 22.7 Å². The summed E-state index contributed by atoms with van der Waals surface area (Å²) in [6, 6.07) is 7.18. The minimum absolute atomic E-state index is 0.0495. The molecule has 10 heteroatoms. The van der Waals surface area contributed by atoms with E-state index in [4.69, 9.17) is 0 Å². The number of likely N-dealkylation sites (tertiary alicyclic amines) is 1. The van der Waals surface area contributed by atoms with E-state index < -0.39 is 30.6 Å².